The van der Waals surface area contributed by atoms with Gasteiger partial charge in [0, 0.05) is 6.54 Å². The Morgan fingerprint density at radius 1 is 1.38 bits per heavy atom. The van der Waals surface area contributed by atoms with Gasteiger partial charge in [-0.05, 0) is 59.9 Å². The minimum absolute atomic E-state index is 0. The van der Waals surface area contributed by atoms with Crippen molar-refractivity contribution in [1.82, 2.24) is 5.32 Å². The molecule has 1 N–H and O–H groups in total. The Kier molecular flexibility index (Phi) is 5.09. The van der Waals surface area contributed by atoms with Crippen molar-refractivity contribution in [2.24, 2.45) is 0 Å². The van der Waals surface area contributed by atoms with Crippen LogP contribution >= 0.6 is 28.3 Å². The van der Waals surface area contributed by atoms with E-state index in [1.165, 1.54) is 11.1 Å². The molecule has 90 valence electrons. The molecule has 0 bridgehead atoms. The minimum Gasteiger partial charge on any atom is -0.490 e. The summed E-state index contributed by atoms with van der Waals surface area (Å²) in [4.78, 5) is 0. The highest BCUT2D eigenvalue weighted by atomic mass is 79.9. The Labute approximate surface area is 111 Å². The summed E-state index contributed by atoms with van der Waals surface area (Å²) in [7, 11) is 0. The zero-order valence-electron chi connectivity index (χ0n) is 9.55. The van der Waals surface area contributed by atoms with Gasteiger partial charge in [-0.2, -0.15) is 0 Å². The maximum Gasteiger partial charge on any atom is 0.134 e. The summed E-state index contributed by atoms with van der Waals surface area (Å²) in [5.74, 6) is 0.964. The van der Waals surface area contributed by atoms with Crippen LogP contribution in [-0.2, 0) is 13.0 Å². The van der Waals surface area contributed by atoms with Crippen LogP contribution < -0.4 is 10.1 Å². The highest BCUT2D eigenvalue weighted by Crippen LogP contribution is 2.33. The molecule has 0 radical (unpaired) electrons. The van der Waals surface area contributed by atoms with Crippen LogP contribution in [0.15, 0.2) is 16.6 Å². The number of hydrogen-bond acceptors (Lipinski definition) is 2. The van der Waals surface area contributed by atoms with Crippen LogP contribution in [0.3, 0.4) is 0 Å². The van der Waals surface area contributed by atoms with Gasteiger partial charge in [0.2, 0.25) is 0 Å². The van der Waals surface area contributed by atoms with Crippen molar-refractivity contribution in [1.29, 1.82) is 0 Å². The lowest BCUT2D eigenvalue weighted by molar-refractivity contribution is 0.240. The van der Waals surface area contributed by atoms with Gasteiger partial charge in [0.05, 0.1) is 10.6 Å². The molecule has 0 fully saturated rings. The van der Waals surface area contributed by atoms with Crippen LogP contribution in [0.5, 0.6) is 5.75 Å². The molecule has 0 aliphatic carbocycles. The summed E-state index contributed by atoms with van der Waals surface area (Å²) in [6, 6.07) is 4.21. The molecule has 1 aromatic rings. The van der Waals surface area contributed by atoms with Crippen molar-refractivity contribution in [2.45, 2.75) is 32.9 Å². The van der Waals surface area contributed by atoms with Gasteiger partial charge in [-0.15, -0.1) is 12.4 Å². The molecule has 0 amide bonds. The molecule has 0 aromatic heterocycles. The molecular weight excluding hydrogens is 289 g/mol. The summed E-state index contributed by atoms with van der Waals surface area (Å²) < 4.78 is 6.88. The second kappa shape index (κ2) is 5.89. The topological polar surface area (TPSA) is 21.3 Å². The Morgan fingerprint density at radius 2 is 2.12 bits per heavy atom. The van der Waals surface area contributed by atoms with E-state index in [2.05, 4.69) is 33.4 Å². The number of rotatable bonds is 2. The van der Waals surface area contributed by atoms with Crippen molar-refractivity contribution >= 4 is 28.3 Å². The monoisotopic (exact) mass is 305 g/mol. The summed E-state index contributed by atoms with van der Waals surface area (Å²) >= 11 is 3.64. The molecule has 0 atom stereocenters. The molecular formula is C12H17BrClNO. The van der Waals surface area contributed by atoms with Crippen molar-refractivity contribution in [3.05, 3.63) is 27.7 Å². The average molecular weight is 307 g/mol. The Bertz CT molecular complexity index is 368. The molecule has 1 aromatic carbocycles. The molecule has 1 aliphatic heterocycles. The minimum atomic E-state index is 0. The van der Waals surface area contributed by atoms with Gasteiger partial charge in [-0.1, -0.05) is 6.07 Å². The number of ether oxygens (including phenoxy) is 1. The molecule has 16 heavy (non-hydrogen) atoms. The van der Waals surface area contributed by atoms with Crippen LogP contribution in [0, 0.1) is 0 Å². The fourth-order valence-electron chi connectivity index (χ4n) is 1.86. The molecule has 2 rings (SSSR count). The predicted molar refractivity (Wildman–Crippen MR) is 72.6 cm³/mol. The van der Waals surface area contributed by atoms with Crippen molar-refractivity contribution in [2.75, 3.05) is 6.54 Å². The number of halogens is 2. The second-order valence-electron chi connectivity index (χ2n) is 4.11. The van der Waals surface area contributed by atoms with Gasteiger partial charge in [0.15, 0.2) is 0 Å². The highest BCUT2D eigenvalue weighted by Gasteiger charge is 2.15. The largest absolute Gasteiger partial charge is 0.490 e. The summed E-state index contributed by atoms with van der Waals surface area (Å²) in [5, 5.41) is 3.37. The molecule has 0 saturated heterocycles. The number of nitrogens with one attached hydrogen (secondary N) is 1. The average Bonchev–Trinajstić information content (AvgIpc) is 2.22. The summed E-state index contributed by atoms with van der Waals surface area (Å²) in [6.07, 6.45) is 1.30. The molecule has 0 spiro atoms. The van der Waals surface area contributed by atoms with E-state index in [0.29, 0.717) is 0 Å². The first kappa shape index (κ1) is 13.8. The van der Waals surface area contributed by atoms with Gasteiger partial charge in [0.25, 0.3) is 0 Å². The lowest BCUT2D eigenvalue weighted by atomic mass is 10.0. The van der Waals surface area contributed by atoms with Gasteiger partial charge < -0.3 is 10.1 Å². The fourth-order valence-corrected chi connectivity index (χ4v) is 2.54. The Hall–Kier alpha value is -0.250. The third-order valence-corrected chi connectivity index (χ3v) is 3.40. The fraction of sp³-hybridized carbons (Fsp3) is 0.500. The van der Waals surface area contributed by atoms with Gasteiger partial charge in [-0.3, -0.25) is 0 Å². The Balaban J connectivity index is 0.00000128. The number of benzene rings is 1. The van der Waals surface area contributed by atoms with Crippen molar-refractivity contribution < 1.29 is 4.74 Å². The molecule has 4 heteroatoms. The lowest BCUT2D eigenvalue weighted by Gasteiger charge is -2.21. The van der Waals surface area contributed by atoms with Gasteiger partial charge in [0.1, 0.15) is 5.75 Å². The smallest absolute Gasteiger partial charge is 0.134 e. The van der Waals surface area contributed by atoms with Gasteiger partial charge in [-0.25, -0.2) is 0 Å². The normalized spacial score (nSPS) is 14.2. The lowest BCUT2D eigenvalue weighted by Crippen LogP contribution is -2.24. The van der Waals surface area contributed by atoms with Crippen LogP contribution in [0.1, 0.15) is 25.0 Å². The van der Waals surface area contributed by atoms with Crippen LogP contribution in [-0.4, -0.2) is 12.6 Å². The molecule has 2 nitrogen and oxygen atoms in total. The number of hydrogen-bond donors (Lipinski definition) is 1. The zero-order chi connectivity index (χ0) is 10.8. The van der Waals surface area contributed by atoms with E-state index in [-0.39, 0.29) is 18.5 Å². The van der Waals surface area contributed by atoms with E-state index >= 15 is 0 Å². The van der Waals surface area contributed by atoms with Crippen LogP contribution in [0.4, 0.5) is 0 Å². The van der Waals surface area contributed by atoms with Crippen LogP contribution in [0.25, 0.3) is 0 Å². The van der Waals surface area contributed by atoms with Crippen molar-refractivity contribution in [3.63, 3.8) is 0 Å². The standard InChI is InChI=1S/C12H16BrNO.ClH/c1-8(2)15-11-4-3-9-7-14-6-5-10(9)12(11)13;/h3-4,8,14H,5-7H2,1-2H3;1H. The first-order chi connectivity index (χ1) is 7.18. The summed E-state index contributed by atoms with van der Waals surface area (Å²) in [6.45, 7) is 6.12. The van der Waals surface area contributed by atoms with E-state index in [4.69, 9.17) is 4.74 Å². The SMILES string of the molecule is CC(C)Oc1ccc2c(c1Br)CCNC2.Cl. The number of fused-ring (bicyclic) bond motifs is 1. The van der Waals surface area contributed by atoms with E-state index in [1.54, 1.807) is 0 Å². The summed E-state index contributed by atoms with van der Waals surface area (Å²) in [5.41, 5.74) is 2.77. The quantitative estimate of drug-likeness (QED) is 0.905. The predicted octanol–water partition coefficient (Wildman–Crippen LogP) is 3.30. The highest BCUT2D eigenvalue weighted by molar-refractivity contribution is 9.10. The molecule has 0 saturated carbocycles. The van der Waals surface area contributed by atoms with Crippen molar-refractivity contribution in [3.8, 4) is 5.75 Å². The maximum absolute atomic E-state index is 5.74. The second-order valence-corrected chi connectivity index (χ2v) is 4.90. The first-order valence-electron chi connectivity index (χ1n) is 5.36. The molecule has 0 unspecified atom stereocenters. The van der Waals surface area contributed by atoms with E-state index < -0.39 is 0 Å². The van der Waals surface area contributed by atoms with E-state index in [1.807, 2.05) is 13.8 Å². The zero-order valence-corrected chi connectivity index (χ0v) is 12.0. The van der Waals surface area contributed by atoms with E-state index in [9.17, 15) is 0 Å². The van der Waals surface area contributed by atoms with Gasteiger partial charge >= 0.3 is 0 Å². The maximum atomic E-state index is 5.74. The third kappa shape index (κ3) is 2.90. The Morgan fingerprint density at radius 3 is 2.81 bits per heavy atom. The molecule has 1 aliphatic rings. The molecule has 1 heterocycles. The third-order valence-electron chi connectivity index (χ3n) is 2.53. The van der Waals surface area contributed by atoms with E-state index in [0.717, 1.165) is 29.7 Å². The first-order valence-corrected chi connectivity index (χ1v) is 6.15. The van der Waals surface area contributed by atoms with Crippen LogP contribution in [0.2, 0.25) is 0 Å².